The lowest BCUT2D eigenvalue weighted by Crippen LogP contribution is -2.10. The second kappa shape index (κ2) is 20.2. The van der Waals surface area contributed by atoms with Crippen LogP contribution in [0.15, 0.2) is 97.1 Å². The molecule has 0 spiro atoms. The predicted molar refractivity (Wildman–Crippen MR) is 190 cm³/mol. The van der Waals surface area contributed by atoms with E-state index in [4.69, 9.17) is 18.8 Å². The van der Waals surface area contributed by atoms with E-state index in [1.807, 2.05) is 24.3 Å². The minimum Gasteiger partial charge on any atom is -0.529 e. The average molecular weight is 607 g/mol. The topological polar surface area (TPSA) is 36.9 Å². The van der Waals surface area contributed by atoms with E-state index in [2.05, 4.69) is 86.6 Å². The van der Waals surface area contributed by atoms with Crippen molar-refractivity contribution in [2.24, 2.45) is 0 Å². The van der Waals surface area contributed by atoms with E-state index in [0.717, 1.165) is 71.3 Å². The van der Waals surface area contributed by atoms with Gasteiger partial charge in [0, 0.05) is 0 Å². The highest BCUT2D eigenvalue weighted by molar-refractivity contribution is 6.20. The van der Waals surface area contributed by atoms with E-state index in [1.54, 1.807) is 0 Å². The Morgan fingerprint density at radius 2 is 0.644 bits per heavy atom. The molecule has 0 fully saturated rings. The van der Waals surface area contributed by atoms with Gasteiger partial charge in [-0.3, -0.25) is 0 Å². The van der Waals surface area contributed by atoms with Crippen LogP contribution in [0.2, 0.25) is 0 Å². The largest absolute Gasteiger partial charge is 0.576 e. The van der Waals surface area contributed by atoms with E-state index < -0.39 is 0 Å². The maximum absolute atomic E-state index is 5.92. The molecule has 0 bridgehead atoms. The second-order valence-electron chi connectivity index (χ2n) is 11.7. The molecule has 0 unspecified atom stereocenters. The molecule has 0 radical (unpaired) electrons. The highest BCUT2D eigenvalue weighted by Crippen LogP contribution is 2.27. The number of ether oxygens (including phenoxy) is 2. The molecule has 5 heteroatoms. The molecular formula is C40H51BO4. The van der Waals surface area contributed by atoms with Crippen LogP contribution < -0.4 is 18.8 Å². The van der Waals surface area contributed by atoms with Gasteiger partial charge in [0.2, 0.25) is 0 Å². The monoisotopic (exact) mass is 606 g/mol. The first kappa shape index (κ1) is 34.0. The molecule has 4 aromatic rings. The molecule has 0 heterocycles. The fourth-order valence-electron chi connectivity index (χ4n) is 5.28. The highest BCUT2D eigenvalue weighted by Gasteiger charge is 2.05. The Kier molecular flexibility index (Phi) is 15.3. The Hall–Kier alpha value is -3.86. The zero-order valence-electron chi connectivity index (χ0n) is 27.5. The summed E-state index contributed by atoms with van der Waals surface area (Å²) in [6.07, 6.45) is 15.3. The van der Waals surface area contributed by atoms with Crippen molar-refractivity contribution >= 4 is 7.69 Å². The van der Waals surface area contributed by atoms with Crippen LogP contribution in [0.4, 0.5) is 0 Å². The smallest absolute Gasteiger partial charge is 0.529 e. The van der Waals surface area contributed by atoms with Crippen LogP contribution in [0.25, 0.3) is 22.3 Å². The normalized spacial score (nSPS) is 10.8. The van der Waals surface area contributed by atoms with Crippen LogP contribution in [0, 0.1) is 0 Å². The van der Waals surface area contributed by atoms with Crippen LogP contribution in [-0.4, -0.2) is 20.9 Å². The van der Waals surface area contributed by atoms with Crippen LogP contribution in [0.5, 0.6) is 23.0 Å². The van der Waals surface area contributed by atoms with Gasteiger partial charge in [0.1, 0.15) is 23.0 Å². The highest BCUT2D eigenvalue weighted by atomic mass is 16.6. The maximum Gasteiger partial charge on any atom is 0.576 e. The van der Waals surface area contributed by atoms with Crippen molar-refractivity contribution in [3.63, 3.8) is 0 Å². The van der Waals surface area contributed by atoms with Crippen molar-refractivity contribution in [1.82, 2.24) is 0 Å². The molecule has 0 saturated heterocycles. The standard InChI is InChI=1S/C40H51BO4/c1-3-5-7-9-11-13-31-42-37-23-15-33(16-24-37)35-19-27-39(28-20-35)44-41-45-40-29-21-36(22-30-40)34-17-25-38(26-18-34)43-32-14-12-10-8-6-4-2/h15-30,41H,3-14,31-32H2,1-2H3. The van der Waals surface area contributed by atoms with Gasteiger partial charge in [-0.05, 0) is 83.6 Å². The molecular weight excluding hydrogens is 555 g/mol. The number of hydrogen-bond donors (Lipinski definition) is 0. The fraction of sp³-hybridized carbons (Fsp3) is 0.400. The molecule has 4 nitrogen and oxygen atoms in total. The van der Waals surface area contributed by atoms with E-state index in [0.29, 0.717) is 0 Å². The molecule has 0 aliphatic carbocycles. The van der Waals surface area contributed by atoms with Crippen molar-refractivity contribution in [2.75, 3.05) is 13.2 Å². The van der Waals surface area contributed by atoms with Gasteiger partial charge in [-0.1, -0.05) is 127 Å². The molecule has 0 atom stereocenters. The quantitative estimate of drug-likeness (QED) is 0.0659. The average Bonchev–Trinajstić information content (AvgIpc) is 3.09. The van der Waals surface area contributed by atoms with Crippen LogP contribution in [0.1, 0.15) is 90.9 Å². The summed E-state index contributed by atoms with van der Waals surface area (Å²) in [5.41, 5.74) is 4.58. The van der Waals surface area contributed by atoms with Crippen molar-refractivity contribution < 1.29 is 18.8 Å². The van der Waals surface area contributed by atoms with Gasteiger partial charge in [0.15, 0.2) is 0 Å². The summed E-state index contributed by atoms with van der Waals surface area (Å²) in [4.78, 5) is 0. The molecule has 4 rings (SSSR count). The Morgan fingerprint density at radius 3 is 0.978 bits per heavy atom. The van der Waals surface area contributed by atoms with Crippen molar-refractivity contribution in [3.8, 4) is 45.3 Å². The van der Waals surface area contributed by atoms with Gasteiger partial charge in [0.05, 0.1) is 13.2 Å². The molecule has 0 N–H and O–H groups in total. The third-order valence-corrected chi connectivity index (χ3v) is 8.07. The van der Waals surface area contributed by atoms with Gasteiger partial charge < -0.3 is 18.8 Å². The minimum absolute atomic E-state index is 0.147. The van der Waals surface area contributed by atoms with E-state index >= 15 is 0 Å². The van der Waals surface area contributed by atoms with Gasteiger partial charge in [0.25, 0.3) is 0 Å². The van der Waals surface area contributed by atoms with Crippen LogP contribution in [-0.2, 0) is 0 Å². The van der Waals surface area contributed by atoms with E-state index in [1.165, 1.54) is 64.2 Å². The number of rotatable bonds is 22. The van der Waals surface area contributed by atoms with Crippen molar-refractivity contribution in [3.05, 3.63) is 97.1 Å². The molecule has 0 aliphatic rings. The molecule has 4 aromatic carbocycles. The van der Waals surface area contributed by atoms with Crippen molar-refractivity contribution in [2.45, 2.75) is 90.9 Å². The lowest BCUT2D eigenvalue weighted by Gasteiger charge is -2.10. The number of unbranched alkanes of at least 4 members (excludes halogenated alkanes) is 10. The Balaban J connectivity index is 1.14. The van der Waals surface area contributed by atoms with Crippen LogP contribution in [0.3, 0.4) is 0 Å². The summed E-state index contributed by atoms with van der Waals surface area (Å²) in [7, 11) is 0.147. The SMILES string of the molecule is CCCCCCCCOc1ccc(-c2ccc(OBOc3ccc(-c4ccc(OCCCCCCCC)cc4)cc3)cc2)cc1. The predicted octanol–water partition coefficient (Wildman–Crippen LogP) is 11.2. The Morgan fingerprint density at radius 1 is 0.356 bits per heavy atom. The van der Waals surface area contributed by atoms with Crippen molar-refractivity contribution in [1.29, 1.82) is 0 Å². The number of benzene rings is 4. The van der Waals surface area contributed by atoms with Gasteiger partial charge in [-0.15, -0.1) is 0 Å². The summed E-state index contributed by atoms with van der Waals surface area (Å²) < 4.78 is 23.5. The number of hydrogen-bond acceptors (Lipinski definition) is 4. The minimum atomic E-state index is 0.147. The first-order valence-electron chi connectivity index (χ1n) is 17.2. The maximum atomic E-state index is 5.92. The van der Waals surface area contributed by atoms with Gasteiger partial charge in [-0.2, -0.15) is 0 Å². The van der Waals surface area contributed by atoms with Gasteiger partial charge >= 0.3 is 7.69 Å². The summed E-state index contributed by atoms with van der Waals surface area (Å²) in [6.45, 7) is 6.07. The zero-order valence-corrected chi connectivity index (χ0v) is 27.5. The third kappa shape index (κ3) is 12.6. The Labute approximate surface area is 272 Å². The summed E-state index contributed by atoms with van der Waals surface area (Å²) >= 11 is 0. The van der Waals surface area contributed by atoms with Gasteiger partial charge in [-0.25, -0.2) is 0 Å². The molecule has 0 aliphatic heterocycles. The lowest BCUT2D eigenvalue weighted by molar-refractivity contribution is 0.304. The fourth-order valence-corrected chi connectivity index (χ4v) is 5.28. The first-order valence-corrected chi connectivity index (χ1v) is 17.2. The van der Waals surface area contributed by atoms with E-state index in [-0.39, 0.29) is 7.69 Å². The molecule has 0 aromatic heterocycles. The molecule has 0 saturated carbocycles. The first-order chi connectivity index (χ1) is 22.2. The lowest BCUT2D eigenvalue weighted by atomic mass is 10.1. The second-order valence-corrected chi connectivity index (χ2v) is 11.7. The zero-order chi connectivity index (χ0) is 31.4. The molecule has 238 valence electrons. The summed E-state index contributed by atoms with van der Waals surface area (Å²) in [5.74, 6) is 3.40. The molecule has 45 heavy (non-hydrogen) atoms. The Bertz CT molecular complexity index is 1210. The van der Waals surface area contributed by atoms with E-state index in [9.17, 15) is 0 Å². The van der Waals surface area contributed by atoms with Crippen LogP contribution >= 0.6 is 0 Å². The summed E-state index contributed by atoms with van der Waals surface area (Å²) in [6, 6.07) is 32.8. The molecule has 0 amide bonds. The third-order valence-electron chi connectivity index (χ3n) is 8.07. The summed E-state index contributed by atoms with van der Waals surface area (Å²) in [5, 5.41) is 0.